The number of rotatable bonds is 5. The minimum Gasteiger partial charge on any atom is -0.462 e. The number of anilines is 1. The second-order valence-corrected chi connectivity index (χ2v) is 4.10. The Morgan fingerprint density at radius 3 is 2.33 bits per heavy atom. The third-order valence-corrected chi connectivity index (χ3v) is 2.72. The first kappa shape index (κ1) is 14.2. The molecule has 1 unspecified atom stereocenters. The van der Waals surface area contributed by atoms with Crippen LogP contribution in [0.1, 0.15) is 37.6 Å². The lowest BCUT2D eigenvalue weighted by atomic mass is 10.1. The van der Waals surface area contributed by atoms with E-state index in [1.807, 2.05) is 13.8 Å². The molecule has 0 aromatic heterocycles. The van der Waals surface area contributed by atoms with Crippen molar-refractivity contribution in [3.8, 4) is 0 Å². The third kappa shape index (κ3) is 3.87. The molecule has 0 heterocycles. The first-order valence-electron chi connectivity index (χ1n) is 6.16. The van der Waals surface area contributed by atoms with Gasteiger partial charge < -0.3 is 10.1 Å². The zero-order chi connectivity index (χ0) is 13.5. The van der Waals surface area contributed by atoms with E-state index in [2.05, 4.69) is 5.32 Å². The van der Waals surface area contributed by atoms with Gasteiger partial charge in [0.05, 0.1) is 12.2 Å². The molecule has 1 rings (SSSR count). The number of benzene rings is 1. The van der Waals surface area contributed by atoms with Gasteiger partial charge in [-0.1, -0.05) is 13.8 Å². The van der Waals surface area contributed by atoms with E-state index in [4.69, 9.17) is 4.74 Å². The Bertz CT molecular complexity index is 412. The molecule has 0 aliphatic rings. The van der Waals surface area contributed by atoms with Crippen LogP contribution in [0.25, 0.3) is 0 Å². The lowest BCUT2D eigenvalue weighted by Gasteiger charge is -2.10. The number of hydrogen-bond donors (Lipinski definition) is 1. The van der Waals surface area contributed by atoms with Gasteiger partial charge in [-0.15, -0.1) is 0 Å². The van der Waals surface area contributed by atoms with Crippen LogP contribution in [0, 0.1) is 5.92 Å². The summed E-state index contributed by atoms with van der Waals surface area (Å²) in [5, 5.41) is 2.80. The van der Waals surface area contributed by atoms with Crippen molar-refractivity contribution in [3.63, 3.8) is 0 Å². The molecule has 0 bridgehead atoms. The summed E-state index contributed by atoms with van der Waals surface area (Å²) in [7, 11) is 0. The topological polar surface area (TPSA) is 55.4 Å². The second-order valence-electron chi connectivity index (χ2n) is 4.10. The summed E-state index contributed by atoms with van der Waals surface area (Å²) in [6.07, 6.45) is 0.798. The van der Waals surface area contributed by atoms with Gasteiger partial charge in [0, 0.05) is 11.6 Å². The smallest absolute Gasteiger partial charge is 0.338 e. The molecule has 1 aromatic rings. The van der Waals surface area contributed by atoms with E-state index in [9.17, 15) is 9.59 Å². The van der Waals surface area contributed by atoms with Crippen LogP contribution in [0.5, 0.6) is 0 Å². The summed E-state index contributed by atoms with van der Waals surface area (Å²) in [4.78, 5) is 23.1. The third-order valence-electron chi connectivity index (χ3n) is 2.72. The van der Waals surface area contributed by atoms with Crippen LogP contribution in [-0.2, 0) is 9.53 Å². The van der Waals surface area contributed by atoms with Gasteiger partial charge in [0.2, 0.25) is 5.91 Å². The van der Waals surface area contributed by atoms with Crippen LogP contribution in [0.15, 0.2) is 24.3 Å². The number of carbonyl (C=O) groups is 2. The Labute approximate surface area is 107 Å². The minimum atomic E-state index is -0.350. The first-order valence-corrected chi connectivity index (χ1v) is 6.16. The zero-order valence-electron chi connectivity index (χ0n) is 11.0. The lowest BCUT2D eigenvalue weighted by Crippen LogP contribution is -2.19. The fraction of sp³-hybridized carbons (Fsp3) is 0.429. The number of esters is 1. The Kier molecular flexibility index (Phi) is 5.36. The van der Waals surface area contributed by atoms with Gasteiger partial charge in [0.15, 0.2) is 0 Å². The van der Waals surface area contributed by atoms with Gasteiger partial charge in [0.1, 0.15) is 0 Å². The average molecular weight is 249 g/mol. The van der Waals surface area contributed by atoms with Crippen molar-refractivity contribution >= 4 is 17.6 Å². The first-order chi connectivity index (χ1) is 8.58. The van der Waals surface area contributed by atoms with Crippen LogP contribution in [0.2, 0.25) is 0 Å². The Balaban J connectivity index is 2.66. The normalized spacial score (nSPS) is 11.7. The average Bonchev–Trinajstić information content (AvgIpc) is 2.38. The highest BCUT2D eigenvalue weighted by atomic mass is 16.5. The molecule has 1 N–H and O–H groups in total. The van der Waals surface area contributed by atoms with E-state index >= 15 is 0 Å². The molecule has 4 heteroatoms. The molecule has 4 nitrogen and oxygen atoms in total. The molecule has 0 saturated carbocycles. The molecule has 1 atom stereocenters. The van der Waals surface area contributed by atoms with Crippen molar-refractivity contribution in [2.45, 2.75) is 27.2 Å². The molecular weight excluding hydrogens is 230 g/mol. The quantitative estimate of drug-likeness (QED) is 0.816. The highest BCUT2D eigenvalue weighted by Gasteiger charge is 2.11. The summed E-state index contributed by atoms with van der Waals surface area (Å²) < 4.78 is 4.88. The second kappa shape index (κ2) is 6.79. The summed E-state index contributed by atoms with van der Waals surface area (Å²) in [5.41, 5.74) is 1.17. The maximum atomic E-state index is 11.7. The van der Waals surface area contributed by atoms with Crippen molar-refractivity contribution in [1.82, 2.24) is 0 Å². The standard InChI is InChI=1S/C14H19NO3/c1-4-10(3)13(16)15-12-8-6-11(7-9-12)14(17)18-5-2/h6-10H,4-5H2,1-3H3,(H,15,16). The summed E-state index contributed by atoms with van der Waals surface area (Å²) in [6.45, 7) is 5.96. The van der Waals surface area contributed by atoms with Crippen LogP contribution < -0.4 is 5.32 Å². The van der Waals surface area contributed by atoms with Gasteiger partial charge in [-0.25, -0.2) is 4.79 Å². The number of amides is 1. The Morgan fingerprint density at radius 2 is 1.83 bits per heavy atom. The van der Waals surface area contributed by atoms with E-state index < -0.39 is 0 Å². The molecular formula is C14H19NO3. The van der Waals surface area contributed by atoms with Crippen molar-refractivity contribution in [3.05, 3.63) is 29.8 Å². The number of carbonyl (C=O) groups excluding carboxylic acids is 2. The SMILES string of the molecule is CCOC(=O)c1ccc(NC(=O)C(C)CC)cc1. The minimum absolute atomic E-state index is 0.0126. The van der Waals surface area contributed by atoms with Crippen LogP contribution in [0.4, 0.5) is 5.69 Å². The van der Waals surface area contributed by atoms with Gasteiger partial charge in [-0.3, -0.25) is 4.79 Å². The fourth-order valence-corrected chi connectivity index (χ4v) is 1.35. The van der Waals surface area contributed by atoms with E-state index in [1.165, 1.54) is 0 Å². The zero-order valence-corrected chi connectivity index (χ0v) is 11.0. The molecule has 0 aliphatic carbocycles. The van der Waals surface area contributed by atoms with E-state index in [1.54, 1.807) is 31.2 Å². The molecule has 98 valence electrons. The largest absolute Gasteiger partial charge is 0.462 e. The predicted molar refractivity (Wildman–Crippen MR) is 70.5 cm³/mol. The lowest BCUT2D eigenvalue weighted by molar-refractivity contribution is -0.119. The van der Waals surface area contributed by atoms with Crippen LogP contribution in [-0.4, -0.2) is 18.5 Å². The van der Waals surface area contributed by atoms with Gasteiger partial charge in [-0.05, 0) is 37.6 Å². The van der Waals surface area contributed by atoms with Gasteiger partial charge in [-0.2, -0.15) is 0 Å². The van der Waals surface area contributed by atoms with Crippen molar-refractivity contribution < 1.29 is 14.3 Å². The van der Waals surface area contributed by atoms with Crippen LogP contribution in [0.3, 0.4) is 0 Å². The highest BCUT2D eigenvalue weighted by molar-refractivity contribution is 5.93. The molecule has 0 spiro atoms. The van der Waals surface area contributed by atoms with Crippen molar-refractivity contribution in [2.24, 2.45) is 5.92 Å². The monoisotopic (exact) mass is 249 g/mol. The van der Waals surface area contributed by atoms with Crippen molar-refractivity contribution in [1.29, 1.82) is 0 Å². The Morgan fingerprint density at radius 1 is 1.22 bits per heavy atom. The Hall–Kier alpha value is -1.84. The molecule has 0 aliphatic heterocycles. The summed E-state index contributed by atoms with van der Waals surface area (Å²) in [6, 6.07) is 6.69. The van der Waals surface area contributed by atoms with Crippen LogP contribution >= 0.6 is 0 Å². The molecule has 1 amide bonds. The van der Waals surface area contributed by atoms with E-state index in [0.29, 0.717) is 17.9 Å². The molecule has 18 heavy (non-hydrogen) atoms. The number of hydrogen-bond acceptors (Lipinski definition) is 3. The molecule has 0 saturated heterocycles. The summed E-state index contributed by atoms with van der Waals surface area (Å²) >= 11 is 0. The summed E-state index contributed by atoms with van der Waals surface area (Å²) in [5.74, 6) is -0.381. The number of nitrogens with one attached hydrogen (secondary N) is 1. The molecule has 0 radical (unpaired) electrons. The maximum absolute atomic E-state index is 11.7. The van der Waals surface area contributed by atoms with Crippen molar-refractivity contribution in [2.75, 3.05) is 11.9 Å². The van der Waals surface area contributed by atoms with E-state index in [-0.39, 0.29) is 17.8 Å². The predicted octanol–water partition coefficient (Wildman–Crippen LogP) is 2.85. The highest BCUT2D eigenvalue weighted by Crippen LogP contribution is 2.12. The molecule has 1 aromatic carbocycles. The molecule has 0 fully saturated rings. The maximum Gasteiger partial charge on any atom is 0.338 e. The number of ether oxygens (including phenoxy) is 1. The van der Waals surface area contributed by atoms with Gasteiger partial charge in [0.25, 0.3) is 0 Å². The van der Waals surface area contributed by atoms with Gasteiger partial charge >= 0.3 is 5.97 Å². The van der Waals surface area contributed by atoms with E-state index in [0.717, 1.165) is 6.42 Å². The fourth-order valence-electron chi connectivity index (χ4n) is 1.35.